The van der Waals surface area contributed by atoms with Gasteiger partial charge in [0, 0.05) is 58.6 Å². The van der Waals surface area contributed by atoms with E-state index in [0.717, 1.165) is 90.9 Å². The van der Waals surface area contributed by atoms with E-state index in [1.807, 2.05) is 0 Å². The maximum absolute atomic E-state index is 5.85. The highest BCUT2D eigenvalue weighted by atomic mass is 16.5. The Morgan fingerprint density at radius 2 is 1.96 bits per heavy atom. The summed E-state index contributed by atoms with van der Waals surface area (Å²) >= 11 is 0. The molecule has 0 bridgehead atoms. The molecule has 0 amide bonds. The fraction of sp³-hybridized carbons (Fsp3) is 0.950. The van der Waals surface area contributed by atoms with Crippen molar-refractivity contribution < 1.29 is 9.47 Å². The molecule has 26 heavy (non-hydrogen) atoms. The first kappa shape index (κ1) is 21.5. The third-order valence-corrected chi connectivity index (χ3v) is 5.53. The molecule has 2 aliphatic rings. The first-order chi connectivity index (χ1) is 12.8. The van der Waals surface area contributed by atoms with Crippen molar-refractivity contribution in [3.05, 3.63) is 0 Å². The lowest BCUT2D eigenvalue weighted by Crippen LogP contribution is -2.43. The lowest BCUT2D eigenvalue weighted by molar-refractivity contribution is 0.0205. The number of nitrogens with zero attached hydrogens (tertiary/aromatic N) is 3. The van der Waals surface area contributed by atoms with E-state index >= 15 is 0 Å². The molecular weight excluding hydrogens is 328 g/mol. The van der Waals surface area contributed by atoms with E-state index in [-0.39, 0.29) is 0 Å². The van der Waals surface area contributed by atoms with Crippen molar-refractivity contribution in [2.24, 2.45) is 10.9 Å². The van der Waals surface area contributed by atoms with Crippen molar-refractivity contribution in [2.75, 3.05) is 65.7 Å². The van der Waals surface area contributed by atoms with Crippen LogP contribution in [0.25, 0.3) is 0 Å². The standard InChI is InChI=1S/C20H40N4O2/c1-4-21-20(24-12-8-19(16-24)23(5-2)6-3)22-11-7-13-26-17-18-9-14-25-15-10-18/h18-19H,4-17H2,1-3H3,(H,21,22). The molecule has 152 valence electrons. The summed E-state index contributed by atoms with van der Waals surface area (Å²) in [4.78, 5) is 9.83. The molecule has 1 unspecified atom stereocenters. The van der Waals surface area contributed by atoms with Gasteiger partial charge in [0.05, 0.1) is 0 Å². The first-order valence-corrected chi connectivity index (χ1v) is 10.7. The molecule has 2 rings (SSSR count). The molecule has 0 saturated carbocycles. The SMILES string of the molecule is CCNC(=NCCCOCC1CCOCC1)N1CCC(N(CC)CC)C1. The number of rotatable bonds is 10. The molecule has 2 saturated heterocycles. The summed E-state index contributed by atoms with van der Waals surface area (Å²) in [5.74, 6) is 1.76. The molecule has 1 N–H and O–H groups in total. The third-order valence-electron chi connectivity index (χ3n) is 5.53. The van der Waals surface area contributed by atoms with Gasteiger partial charge in [-0.2, -0.15) is 0 Å². The van der Waals surface area contributed by atoms with Gasteiger partial charge in [0.15, 0.2) is 5.96 Å². The van der Waals surface area contributed by atoms with Gasteiger partial charge in [0.25, 0.3) is 0 Å². The minimum absolute atomic E-state index is 0.664. The average Bonchev–Trinajstić information content (AvgIpc) is 3.15. The summed E-state index contributed by atoms with van der Waals surface area (Å²) in [6.45, 7) is 16.4. The normalized spacial score (nSPS) is 22.4. The van der Waals surface area contributed by atoms with Crippen LogP contribution in [0.3, 0.4) is 0 Å². The van der Waals surface area contributed by atoms with Crippen molar-refractivity contribution in [3.63, 3.8) is 0 Å². The summed E-state index contributed by atoms with van der Waals surface area (Å²) in [5, 5.41) is 3.47. The molecule has 0 radical (unpaired) electrons. The van der Waals surface area contributed by atoms with E-state index in [2.05, 4.69) is 35.9 Å². The number of nitrogens with one attached hydrogen (secondary N) is 1. The van der Waals surface area contributed by atoms with E-state index in [9.17, 15) is 0 Å². The molecule has 1 atom stereocenters. The number of ether oxygens (including phenoxy) is 2. The Kier molecular flexibility index (Phi) is 10.3. The Hall–Kier alpha value is -0.850. The van der Waals surface area contributed by atoms with Gasteiger partial charge in [0.2, 0.25) is 0 Å². The molecule has 6 nitrogen and oxygen atoms in total. The average molecular weight is 369 g/mol. The molecule has 0 aromatic carbocycles. The van der Waals surface area contributed by atoms with Gasteiger partial charge < -0.3 is 19.7 Å². The van der Waals surface area contributed by atoms with Gasteiger partial charge >= 0.3 is 0 Å². The van der Waals surface area contributed by atoms with Gasteiger partial charge in [-0.1, -0.05) is 13.8 Å². The molecule has 2 fully saturated rings. The first-order valence-electron chi connectivity index (χ1n) is 10.7. The summed E-state index contributed by atoms with van der Waals surface area (Å²) in [6.07, 6.45) is 4.52. The monoisotopic (exact) mass is 368 g/mol. The highest BCUT2D eigenvalue weighted by molar-refractivity contribution is 5.80. The molecule has 0 aliphatic carbocycles. The Labute approximate surface area is 160 Å². The zero-order valence-electron chi connectivity index (χ0n) is 17.2. The van der Waals surface area contributed by atoms with E-state index in [4.69, 9.17) is 14.5 Å². The van der Waals surface area contributed by atoms with Crippen LogP contribution in [0.4, 0.5) is 0 Å². The van der Waals surface area contributed by atoms with Crippen LogP contribution in [0, 0.1) is 5.92 Å². The minimum Gasteiger partial charge on any atom is -0.381 e. The van der Waals surface area contributed by atoms with Crippen molar-refractivity contribution >= 4 is 5.96 Å². The van der Waals surface area contributed by atoms with Crippen LogP contribution in [0.15, 0.2) is 4.99 Å². The van der Waals surface area contributed by atoms with E-state index in [1.54, 1.807) is 0 Å². The van der Waals surface area contributed by atoms with Crippen LogP contribution >= 0.6 is 0 Å². The van der Waals surface area contributed by atoms with Gasteiger partial charge in [-0.3, -0.25) is 9.89 Å². The number of guanidine groups is 1. The van der Waals surface area contributed by atoms with Gasteiger partial charge in [-0.25, -0.2) is 0 Å². The highest BCUT2D eigenvalue weighted by Gasteiger charge is 2.27. The summed E-state index contributed by atoms with van der Waals surface area (Å²) in [7, 11) is 0. The Bertz CT molecular complexity index is 395. The van der Waals surface area contributed by atoms with Crippen LogP contribution in [0.5, 0.6) is 0 Å². The van der Waals surface area contributed by atoms with Crippen molar-refractivity contribution in [1.29, 1.82) is 0 Å². The number of hydrogen-bond donors (Lipinski definition) is 1. The smallest absolute Gasteiger partial charge is 0.193 e. The molecule has 2 aliphatic heterocycles. The Balaban J connectivity index is 1.67. The molecule has 0 aromatic heterocycles. The van der Waals surface area contributed by atoms with E-state index in [1.165, 1.54) is 6.42 Å². The summed E-state index contributed by atoms with van der Waals surface area (Å²) < 4.78 is 11.2. The predicted octanol–water partition coefficient (Wildman–Crippen LogP) is 2.20. The zero-order valence-corrected chi connectivity index (χ0v) is 17.2. The van der Waals surface area contributed by atoms with Crippen LogP contribution in [0.2, 0.25) is 0 Å². The fourth-order valence-corrected chi connectivity index (χ4v) is 3.91. The third kappa shape index (κ3) is 7.05. The topological polar surface area (TPSA) is 49.3 Å². The largest absolute Gasteiger partial charge is 0.381 e. The predicted molar refractivity (Wildman–Crippen MR) is 108 cm³/mol. The van der Waals surface area contributed by atoms with E-state index < -0.39 is 0 Å². The van der Waals surface area contributed by atoms with Crippen molar-refractivity contribution in [1.82, 2.24) is 15.1 Å². The summed E-state index contributed by atoms with van der Waals surface area (Å²) in [6, 6.07) is 0.664. The number of likely N-dealkylation sites (tertiary alicyclic amines) is 1. The second-order valence-corrected chi connectivity index (χ2v) is 7.33. The Morgan fingerprint density at radius 1 is 1.19 bits per heavy atom. The van der Waals surface area contributed by atoms with Crippen LogP contribution in [0.1, 0.15) is 46.5 Å². The van der Waals surface area contributed by atoms with Gasteiger partial charge in [0.1, 0.15) is 0 Å². The fourth-order valence-electron chi connectivity index (χ4n) is 3.91. The zero-order chi connectivity index (χ0) is 18.6. The molecule has 6 heteroatoms. The molecule has 0 aromatic rings. The quantitative estimate of drug-likeness (QED) is 0.364. The van der Waals surface area contributed by atoms with Crippen LogP contribution in [-0.2, 0) is 9.47 Å². The summed E-state index contributed by atoms with van der Waals surface area (Å²) in [5.41, 5.74) is 0. The van der Waals surface area contributed by atoms with Crippen molar-refractivity contribution in [3.8, 4) is 0 Å². The van der Waals surface area contributed by atoms with Gasteiger partial charge in [-0.15, -0.1) is 0 Å². The highest BCUT2D eigenvalue weighted by Crippen LogP contribution is 2.16. The second-order valence-electron chi connectivity index (χ2n) is 7.33. The second kappa shape index (κ2) is 12.5. The lowest BCUT2D eigenvalue weighted by Gasteiger charge is -2.27. The van der Waals surface area contributed by atoms with E-state index in [0.29, 0.717) is 12.0 Å². The molecular formula is C20H40N4O2. The van der Waals surface area contributed by atoms with Crippen LogP contribution < -0.4 is 5.32 Å². The maximum Gasteiger partial charge on any atom is 0.193 e. The van der Waals surface area contributed by atoms with Crippen molar-refractivity contribution in [2.45, 2.75) is 52.5 Å². The molecule has 0 spiro atoms. The number of likely N-dealkylation sites (N-methyl/N-ethyl adjacent to an activating group) is 1. The van der Waals surface area contributed by atoms with Crippen LogP contribution in [-0.4, -0.2) is 87.5 Å². The number of hydrogen-bond acceptors (Lipinski definition) is 4. The maximum atomic E-state index is 5.85. The lowest BCUT2D eigenvalue weighted by atomic mass is 10.0. The van der Waals surface area contributed by atoms with Gasteiger partial charge in [-0.05, 0) is 51.6 Å². The Morgan fingerprint density at radius 3 is 2.65 bits per heavy atom. The molecule has 2 heterocycles. The minimum atomic E-state index is 0.664. The number of aliphatic imine (C=N–C) groups is 1.